The third kappa shape index (κ3) is 2.57. The molecule has 1 atom stereocenters. The van der Waals surface area contributed by atoms with Gasteiger partial charge in [0.2, 0.25) is 0 Å². The Morgan fingerprint density at radius 2 is 2.07 bits per heavy atom. The number of aliphatic hydroxyl groups is 1. The zero-order valence-electron chi connectivity index (χ0n) is 8.11. The van der Waals surface area contributed by atoms with Gasteiger partial charge >= 0.3 is 0 Å². The zero-order valence-corrected chi connectivity index (χ0v) is 8.11. The minimum atomic E-state index is -0.622. The molecule has 2 aromatic heterocycles. The molecule has 2 aromatic rings. The minimum absolute atomic E-state index is 0.435. The lowest BCUT2D eigenvalue weighted by molar-refractivity contribution is 0.172. The second-order valence-electron chi connectivity index (χ2n) is 3.17. The molecule has 2 heterocycles. The molecule has 15 heavy (non-hydrogen) atoms. The summed E-state index contributed by atoms with van der Waals surface area (Å²) >= 11 is 0. The number of pyridine rings is 1. The summed E-state index contributed by atoms with van der Waals surface area (Å²) in [7, 11) is 0. The lowest BCUT2D eigenvalue weighted by atomic mass is 10.1. The molecule has 0 radical (unpaired) electrons. The van der Waals surface area contributed by atoms with Crippen molar-refractivity contribution in [1.29, 1.82) is 0 Å². The number of nitrogens with zero attached hydrogens (tertiary/aromatic N) is 3. The summed E-state index contributed by atoms with van der Waals surface area (Å²) in [4.78, 5) is 12.1. The largest absolute Gasteiger partial charge is 0.386 e. The van der Waals surface area contributed by atoms with Gasteiger partial charge in [-0.3, -0.25) is 15.0 Å². The van der Waals surface area contributed by atoms with Crippen LogP contribution in [-0.2, 0) is 6.42 Å². The van der Waals surface area contributed by atoms with Crippen molar-refractivity contribution >= 4 is 0 Å². The molecule has 0 saturated carbocycles. The molecular formula is C11H11N3O. The molecule has 4 nitrogen and oxygen atoms in total. The molecular weight excluding hydrogens is 190 g/mol. The van der Waals surface area contributed by atoms with Crippen molar-refractivity contribution in [3.63, 3.8) is 0 Å². The first kappa shape index (κ1) is 9.73. The summed E-state index contributed by atoms with van der Waals surface area (Å²) in [6.45, 7) is 0. The third-order valence-corrected chi connectivity index (χ3v) is 2.05. The second kappa shape index (κ2) is 4.61. The standard InChI is InChI=1S/C11H11N3O/c15-11(10-3-1-2-4-14-10)7-9-8-12-5-6-13-9/h1-6,8,11,15H,7H2. The van der Waals surface area contributed by atoms with Gasteiger partial charge in [0.1, 0.15) is 6.10 Å². The first-order valence-corrected chi connectivity index (χ1v) is 4.70. The molecule has 0 fully saturated rings. The Kier molecular flexibility index (Phi) is 2.99. The Morgan fingerprint density at radius 3 is 2.73 bits per heavy atom. The van der Waals surface area contributed by atoms with Gasteiger partial charge in [-0.15, -0.1) is 0 Å². The van der Waals surface area contributed by atoms with Crippen LogP contribution >= 0.6 is 0 Å². The number of hydrogen-bond donors (Lipinski definition) is 1. The summed E-state index contributed by atoms with van der Waals surface area (Å²) in [5.74, 6) is 0. The molecule has 0 bridgehead atoms. The van der Waals surface area contributed by atoms with Gasteiger partial charge in [-0.1, -0.05) is 6.07 Å². The van der Waals surface area contributed by atoms with Crippen molar-refractivity contribution < 1.29 is 5.11 Å². The molecule has 0 amide bonds. The van der Waals surface area contributed by atoms with Gasteiger partial charge in [0.05, 0.1) is 11.4 Å². The van der Waals surface area contributed by atoms with Crippen LogP contribution in [0.5, 0.6) is 0 Å². The fourth-order valence-electron chi connectivity index (χ4n) is 1.31. The Morgan fingerprint density at radius 1 is 1.13 bits per heavy atom. The van der Waals surface area contributed by atoms with Crippen molar-refractivity contribution in [2.24, 2.45) is 0 Å². The van der Waals surface area contributed by atoms with Crippen molar-refractivity contribution in [1.82, 2.24) is 15.0 Å². The van der Waals surface area contributed by atoms with Crippen LogP contribution in [0.25, 0.3) is 0 Å². The van der Waals surface area contributed by atoms with E-state index in [4.69, 9.17) is 0 Å². The maximum Gasteiger partial charge on any atom is 0.102 e. The number of aliphatic hydroxyl groups excluding tert-OH is 1. The van der Waals surface area contributed by atoms with Crippen LogP contribution in [0, 0.1) is 0 Å². The Labute approximate surface area is 87.7 Å². The monoisotopic (exact) mass is 201 g/mol. The van der Waals surface area contributed by atoms with Crippen LogP contribution in [0.4, 0.5) is 0 Å². The van der Waals surface area contributed by atoms with Gasteiger partial charge < -0.3 is 5.11 Å². The fraction of sp³-hybridized carbons (Fsp3) is 0.182. The van der Waals surface area contributed by atoms with E-state index >= 15 is 0 Å². The predicted molar refractivity (Wildman–Crippen MR) is 54.9 cm³/mol. The van der Waals surface area contributed by atoms with E-state index in [-0.39, 0.29) is 0 Å². The molecule has 0 aromatic carbocycles. The highest BCUT2D eigenvalue weighted by Crippen LogP contribution is 2.13. The van der Waals surface area contributed by atoms with Crippen LogP contribution in [0.2, 0.25) is 0 Å². The molecule has 0 aliphatic heterocycles. The first-order valence-electron chi connectivity index (χ1n) is 4.70. The summed E-state index contributed by atoms with van der Waals surface area (Å²) in [6.07, 6.45) is 6.34. The quantitative estimate of drug-likeness (QED) is 0.809. The van der Waals surface area contributed by atoms with Crippen LogP contribution in [0.1, 0.15) is 17.5 Å². The maximum atomic E-state index is 9.84. The summed E-state index contributed by atoms with van der Waals surface area (Å²) in [5, 5.41) is 9.84. The Hall–Kier alpha value is -1.81. The van der Waals surface area contributed by atoms with Crippen LogP contribution in [0.15, 0.2) is 43.0 Å². The van der Waals surface area contributed by atoms with Crippen molar-refractivity contribution in [2.75, 3.05) is 0 Å². The predicted octanol–water partition coefficient (Wildman–Crippen LogP) is 1.15. The van der Waals surface area contributed by atoms with Gasteiger partial charge in [-0.05, 0) is 12.1 Å². The highest BCUT2D eigenvalue weighted by molar-refractivity contribution is 5.09. The van der Waals surface area contributed by atoms with Gasteiger partial charge in [0.15, 0.2) is 0 Å². The lowest BCUT2D eigenvalue weighted by Gasteiger charge is -2.08. The second-order valence-corrected chi connectivity index (χ2v) is 3.17. The van der Waals surface area contributed by atoms with E-state index in [9.17, 15) is 5.11 Å². The smallest absolute Gasteiger partial charge is 0.102 e. The van der Waals surface area contributed by atoms with Crippen molar-refractivity contribution in [3.8, 4) is 0 Å². The van der Waals surface area contributed by atoms with Crippen molar-refractivity contribution in [3.05, 3.63) is 54.4 Å². The lowest BCUT2D eigenvalue weighted by Crippen LogP contribution is -2.05. The van der Waals surface area contributed by atoms with Gasteiger partial charge in [0, 0.05) is 31.2 Å². The van der Waals surface area contributed by atoms with E-state index in [1.165, 1.54) is 0 Å². The Balaban J connectivity index is 2.08. The average molecular weight is 201 g/mol. The SMILES string of the molecule is OC(Cc1cnccn1)c1ccccn1. The maximum absolute atomic E-state index is 9.84. The first-order chi connectivity index (χ1) is 7.36. The molecule has 0 aliphatic rings. The molecule has 1 unspecified atom stereocenters. The highest BCUT2D eigenvalue weighted by atomic mass is 16.3. The summed E-state index contributed by atoms with van der Waals surface area (Å²) in [6, 6.07) is 5.46. The Bertz CT molecular complexity index is 405. The van der Waals surface area contributed by atoms with Gasteiger partial charge in [-0.2, -0.15) is 0 Å². The fourth-order valence-corrected chi connectivity index (χ4v) is 1.31. The van der Waals surface area contributed by atoms with E-state index in [0.717, 1.165) is 5.69 Å². The van der Waals surface area contributed by atoms with Gasteiger partial charge in [0.25, 0.3) is 0 Å². The van der Waals surface area contributed by atoms with Crippen molar-refractivity contribution in [2.45, 2.75) is 12.5 Å². The number of hydrogen-bond acceptors (Lipinski definition) is 4. The van der Waals surface area contributed by atoms with Crippen LogP contribution in [0.3, 0.4) is 0 Å². The highest BCUT2D eigenvalue weighted by Gasteiger charge is 2.09. The number of aromatic nitrogens is 3. The molecule has 76 valence electrons. The van der Waals surface area contributed by atoms with Crippen LogP contribution < -0.4 is 0 Å². The molecule has 0 spiro atoms. The molecule has 0 saturated heterocycles. The van der Waals surface area contributed by atoms with E-state index in [1.54, 1.807) is 30.9 Å². The van der Waals surface area contributed by atoms with E-state index in [1.807, 2.05) is 12.1 Å². The molecule has 2 rings (SSSR count). The zero-order chi connectivity index (χ0) is 10.5. The molecule has 4 heteroatoms. The van der Waals surface area contributed by atoms with Gasteiger partial charge in [-0.25, -0.2) is 0 Å². The third-order valence-electron chi connectivity index (χ3n) is 2.05. The molecule has 0 aliphatic carbocycles. The minimum Gasteiger partial charge on any atom is -0.386 e. The summed E-state index contributed by atoms with van der Waals surface area (Å²) < 4.78 is 0. The normalized spacial score (nSPS) is 12.3. The molecule has 1 N–H and O–H groups in total. The topological polar surface area (TPSA) is 58.9 Å². The average Bonchev–Trinajstić information content (AvgIpc) is 2.31. The summed E-state index contributed by atoms with van der Waals surface area (Å²) in [5.41, 5.74) is 1.42. The van der Waals surface area contributed by atoms with Crippen LogP contribution in [-0.4, -0.2) is 20.1 Å². The van der Waals surface area contributed by atoms with E-state index in [2.05, 4.69) is 15.0 Å². The number of rotatable bonds is 3. The van der Waals surface area contributed by atoms with E-state index < -0.39 is 6.10 Å². The van der Waals surface area contributed by atoms with E-state index in [0.29, 0.717) is 12.1 Å².